The molecule has 0 saturated heterocycles. The van der Waals surface area contributed by atoms with E-state index >= 15 is 0 Å². The topological polar surface area (TPSA) is 60.7 Å². The van der Waals surface area contributed by atoms with Crippen molar-refractivity contribution in [3.8, 4) is 5.75 Å². The predicted octanol–water partition coefficient (Wildman–Crippen LogP) is 7.26. The van der Waals surface area contributed by atoms with E-state index in [-0.39, 0.29) is 29.0 Å². The molecule has 1 aromatic rings. The van der Waals surface area contributed by atoms with Gasteiger partial charge in [0.1, 0.15) is 0 Å². The molecule has 0 aromatic heterocycles. The summed E-state index contributed by atoms with van der Waals surface area (Å²) in [5.74, 6) is 0.641. The van der Waals surface area contributed by atoms with Crippen LogP contribution in [0.15, 0.2) is 12.1 Å². The Morgan fingerprint density at radius 2 is 1.59 bits per heavy atom. The fraction of sp³-hybridized carbons (Fsp3) is 0.812. The van der Waals surface area contributed by atoms with E-state index in [9.17, 15) is 24.1 Å². The van der Waals surface area contributed by atoms with Crippen molar-refractivity contribution in [2.45, 2.75) is 111 Å². The van der Waals surface area contributed by atoms with Crippen LogP contribution in [0, 0.1) is 63.9 Å². The second-order valence-electron chi connectivity index (χ2n) is 13.9. The first-order valence-electron chi connectivity index (χ1n) is 15.0. The van der Waals surface area contributed by atoms with E-state index in [1.807, 2.05) is 0 Å². The van der Waals surface area contributed by atoms with Crippen LogP contribution < -0.4 is 0 Å². The predicted molar refractivity (Wildman–Crippen MR) is 142 cm³/mol. The first-order valence-corrected chi connectivity index (χ1v) is 15.0. The van der Waals surface area contributed by atoms with E-state index < -0.39 is 17.4 Å². The Labute approximate surface area is 222 Å². The number of halogens is 2. The number of phenolic OH excluding ortho intramolecular Hbond substituents is 1. The summed E-state index contributed by atoms with van der Waals surface area (Å²) in [6.07, 6.45) is 10.6. The molecule has 0 aliphatic heterocycles. The summed E-state index contributed by atoms with van der Waals surface area (Å²) in [6, 6.07) is 2.51. The van der Waals surface area contributed by atoms with Gasteiger partial charge in [-0.1, -0.05) is 40.5 Å². The molecule has 5 rings (SSSR count). The number of aromatic hydroxyl groups is 1. The fourth-order valence-electron chi connectivity index (χ4n) is 10.5. The van der Waals surface area contributed by atoms with E-state index in [0.29, 0.717) is 47.5 Å². The summed E-state index contributed by atoms with van der Waals surface area (Å²) in [5, 5.41) is 31.7. The standard InChI is InChI=1S/C32H48F2O3/c1-5-21-25-17-20(35)11-13-32(25,4)24-12-14-31(3)22(9-10-23(31)28(24)29(21)36)18(2)7-6-8-19-15-26(33)30(37)27(34)16-19/h15-16,18,20-25,28-29,35-37H,5-14,17H2,1-4H3/t18-,20-,21-,22-,23+,24+,25+,28+,29-,31-,32?/m1/s1. The number of fused-ring (bicyclic) bond motifs is 5. The number of hydrogen-bond donors (Lipinski definition) is 3. The third-order valence-corrected chi connectivity index (χ3v) is 12.4. The van der Waals surface area contributed by atoms with Crippen molar-refractivity contribution in [3.05, 3.63) is 29.3 Å². The van der Waals surface area contributed by atoms with E-state index in [1.165, 1.54) is 37.8 Å². The van der Waals surface area contributed by atoms with Crippen LogP contribution in [-0.2, 0) is 6.42 Å². The molecule has 208 valence electrons. The summed E-state index contributed by atoms with van der Waals surface area (Å²) in [5.41, 5.74) is 1.06. The first kappa shape index (κ1) is 27.4. The van der Waals surface area contributed by atoms with Gasteiger partial charge in [0, 0.05) is 0 Å². The Bertz CT molecular complexity index is 960. The summed E-state index contributed by atoms with van der Waals surface area (Å²) in [6.45, 7) is 9.57. The van der Waals surface area contributed by atoms with Crippen LogP contribution in [-0.4, -0.2) is 27.5 Å². The van der Waals surface area contributed by atoms with E-state index in [2.05, 4.69) is 27.7 Å². The maximum Gasteiger partial charge on any atom is 0.187 e. The van der Waals surface area contributed by atoms with Gasteiger partial charge < -0.3 is 15.3 Å². The van der Waals surface area contributed by atoms with Gasteiger partial charge in [0.05, 0.1) is 12.2 Å². The second kappa shape index (κ2) is 10.1. The smallest absolute Gasteiger partial charge is 0.187 e. The third kappa shape index (κ3) is 4.44. The van der Waals surface area contributed by atoms with Crippen LogP contribution >= 0.6 is 0 Å². The van der Waals surface area contributed by atoms with Gasteiger partial charge in [0.2, 0.25) is 0 Å². The highest BCUT2D eigenvalue weighted by molar-refractivity contribution is 5.30. The monoisotopic (exact) mass is 518 g/mol. The quantitative estimate of drug-likeness (QED) is 0.372. The number of benzene rings is 1. The molecule has 0 heterocycles. The SMILES string of the molecule is CC[C@H]1[C@@H](O)[C@@H]2[C@H](CC[C@]3(C)[C@@H]([C@H](C)CCCc4cc(F)c(O)c(F)c4)CC[C@@H]23)C2(C)CC[C@@H](O)C[C@@H]12. The minimum atomic E-state index is -0.891. The maximum absolute atomic E-state index is 13.8. The van der Waals surface area contributed by atoms with Crippen molar-refractivity contribution in [2.75, 3.05) is 0 Å². The average Bonchev–Trinajstić information content (AvgIpc) is 3.21. The van der Waals surface area contributed by atoms with Crippen LogP contribution in [0.2, 0.25) is 0 Å². The maximum atomic E-state index is 13.8. The highest BCUT2D eigenvalue weighted by atomic mass is 19.1. The molecule has 3 N–H and O–H groups in total. The molecule has 1 aromatic carbocycles. The van der Waals surface area contributed by atoms with Crippen molar-refractivity contribution in [3.63, 3.8) is 0 Å². The Kier molecular flexibility index (Phi) is 7.46. The van der Waals surface area contributed by atoms with Crippen LogP contribution in [0.1, 0.15) is 97.5 Å². The summed E-state index contributed by atoms with van der Waals surface area (Å²) in [7, 11) is 0. The zero-order valence-corrected chi connectivity index (χ0v) is 23.2. The summed E-state index contributed by atoms with van der Waals surface area (Å²) >= 11 is 0. The Balaban J connectivity index is 1.29. The average molecular weight is 519 g/mol. The zero-order valence-electron chi connectivity index (χ0n) is 23.2. The lowest BCUT2D eigenvalue weighted by Gasteiger charge is -2.64. The second-order valence-corrected chi connectivity index (χ2v) is 13.9. The molecule has 4 fully saturated rings. The number of aliphatic hydroxyl groups excluding tert-OH is 2. The summed E-state index contributed by atoms with van der Waals surface area (Å²) < 4.78 is 27.5. The summed E-state index contributed by atoms with van der Waals surface area (Å²) in [4.78, 5) is 0. The number of aryl methyl sites for hydroxylation is 1. The lowest BCUT2D eigenvalue weighted by molar-refractivity contribution is -0.203. The molecule has 11 atom stereocenters. The molecule has 5 heteroatoms. The molecule has 3 nitrogen and oxygen atoms in total. The largest absolute Gasteiger partial charge is 0.503 e. The van der Waals surface area contributed by atoms with Crippen molar-refractivity contribution in [2.24, 2.45) is 52.3 Å². The highest BCUT2D eigenvalue weighted by Crippen LogP contribution is 2.69. The van der Waals surface area contributed by atoms with E-state index in [1.54, 1.807) is 0 Å². The first-order chi connectivity index (χ1) is 17.5. The normalized spacial score (nSPS) is 44.1. The van der Waals surface area contributed by atoms with Gasteiger partial charge in [-0.2, -0.15) is 0 Å². The van der Waals surface area contributed by atoms with Gasteiger partial charge >= 0.3 is 0 Å². The Morgan fingerprint density at radius 3 is 2.27 bits per heavy atom. The zero-order chi connectivity index (χ0) is 26.7. The Hall–Kier alpha value is -1.20. The molecule has 37 heavy (non-hydrogen) atoms. The number of aliphatic hydroxyl groups is 2. The van der Waals surface area contributed by atoms with Gasteiger partial charge in [0.15, 0.2) is 17.4 Å². The van der Waals surface area contributed by atoms with Crippen molar-refractivity contribution >= 4 is 0 Å². The number of rotatable bonds is 6. The van der Waals surface area contributed by atoms with Gasteiger partial charge in [0.25, 0.3) is 0 Å². The van der Waals surface area contributed by atoms with Gasteiger partial charge in [-0.25, -0.2) is 8.78 Å². The molecule has 4 aliphatic rings. The lowest BCUT2D eigenvalue weighted by Crippen LogP contribution is -2.62. The Morgan fingerprint density at radius 1 is 0.946 bits per heavy atom. The van der Waals surface area contributed by atoms with Crippen LogP contribution in [0.5, 0.6) is 5.75 Å². The molecule has 0 bridgehead atoms. The van der Waals surface area contributed by atoms with Crippen molar-refractivity contribution < 1.29 is 24.1 Å². The van der Waals surface area contributed by atoms with Crippen LogP contribution in [0.4, 0.5) is 8.78 Å². The van der Waals surface area contributed by atoms with Crippen molar-refractivity contribution in [1.29, 1.82) is 0 Å². The molecular weight excluding hydrogens is 470 g/mol. The van der Waals surface area contributed by atoms with Crippen LogP contribution in [0.3, 0.4) is 0 Å². The fourth-order valence-corrected chi connectivity index (χ4v) is 10.5. The minimum absolute atomic E-state index is 0.212. The third-order valence-electron chi connectivity index (χ3n) is 12.4. The molecule has 4 saturated carbocycles. The van der Waals surface area contributed by atoms with Gasteiger partial charge in [-0.05, 0) is 128 Å². The van der Waals surface area contributed by atoms with Crippen LogP contribution in [0.25, 0.3) is 0 Å². The lowest BCUT2D eigenvalue weighted by atomic mass is 9.41. The van der Waals surface area contributed by atoms with Gasteiger partial charge in [-0.15, -0.1) is 0 Å². The number of hydrogen-bond acceptors (Lipinski definition) is 3. The van der Waals surface area contributed by atoms with Crippen molar-refractivity contribution in [1.82, 2.24) is 0 Å². The van der Waals surface area contributed by atoms with E-state index in [4.69, 9.17) is 0 Å². The highest BCUT2D eigenvalue weighted by Gasteiger charge is 2.64. The molecule has 0 radical (unpaired) electrons. The van der Waals surface area contributed by atoms with E-state index in [0.717, 1.165) is 38.5 Å². The van der Waals surface area contributed by atoms with Gasteiger partial charge in [-0.3, -0.25) is 0 Å². The molecule has 0 spiro atoms. The molecule has 4 aliphatic carbocycles. The number of phenols is 1. The molecule has 1 unspecified atom stereocenters. The molecular formula is C32H48F2O3. The molecule has 0 amide bonds. The minimum Gasteiger partial charge on any atom is -0.503 e.